The second-order valence-electron chi connectivity index (χ2n) is 3.42. The smallest absolute Gasteiger partial charge is 0.0446 e. The summed E-state index contributed by atoms with van der Waals surface area (Å²) in [6.45, 7) is 6.43. The van der Waals surface area contributed by atoms with Gasteiger partial charge < -0.3 is 0 Å². The van der Waals surface area contributed by atoms with Crippen LogP contribution in [0.2, 0.25) is 0 Å². The van der Waals surface area contributed by atoms with Gasteiger partial charge in [-0.05, 0) is 25.5 Å². The zero-order valence-electron chi connectivity index (χ0n) is 8.42. The van der Waals surface area contributed by atoms with Gasteiger partial charge >= 0.3 is 0 Å². The number of halogens is 1. The number of rotatable bonds is 3. The van der Waals surface area contributed by atoms with Crippen LogP contribution in [-0.4, -0.2) is 9.81 Å². The van der Waals surface area contributed by atoms with Crippen molar-refractivity contribution in [2.75, 3.05) is 0 Å². The van der Waals surface area contributed by atoms with Gasteiger partial charge in [-0.25, -0.2) is 0 Å². The van der Waals surface area contributed by atoms with E-state index >= 15 is 0 Å². The predicted octanol–water partition coefficient (Wildman–Crippen LogP) is 3.67. The summed E-state index contributed by atoms with van der Waals surface area (Å²) in [5.74, 6) is 0.491. The van der Waals surface area contributed by atoms with E-state index in [4.69, 9.17) is 0 Å². The third kappa shape index (κ3) is 2.80. The Hall–Kier alpha value is -0.370. The molecular weight excluding hydrogens is 226 g/mol. The minimum atomic E-state index is 0.491. The average molecular weight is 242 g/mol. The molecule has 0 spiro atoms. The van der Waals surface area contributed by atoms with Crippen molar-refractivity contribution >= 4 is 15.9 Å². The lowest BCUT2D eigenvalue weighted by Crippen LogP contribution is -2.09. The molecule has 0 aliphatic rings. The maximum absolute atomic E-state index is 4.51. The van der Waals surface area contributed by atoms with Crippen molar-refractivity contribution in [3.05, 3.63) is 29.6 Å². The van der Waals surface area contributed by atoms with E-state index in [0.717, 1.165) is 12.1 Å². The summed E-state index contributed by atoms with van der Waals surface area (Å²) >= 11 is 3.66. The topological polar surface area (TPSA) is 12.9 Å². The third-order valence-electron chi connectivity index (χ3n) is 2.31. The molecule has 0 saturated heterocycles. The molecule has 2 heteroatoms. The van der Waals surface area contributed by atoms with E-state index < -0.39 is 0 Å². The molecule has 0 N–H and O–H groups in total. The van der Waals surface area contributed by atoms with Crippen molar-refractivity contribution in [2.24, 2.45) is 0 Å². The molecule has 1 aromatic heterocycles. The molecule has 13 heavy (non-hydrogen) atoms. The monoisotopic (exact) mass is 241 g/mol. The third-order valence-corrected chi connectivity index (χ3v) is 3.75. The van der Waals surface area contributed by atoms with Crippen molar-refractivity contribution < 1.29 is 0 Å². The summed E-state index contributed by atoms with van der Waals surface area (Å²) in [7, 11) is 0. The van der Waals surface area contributed by atoms with E-state index in [2.05, 4.69) is 46.9 Å². The Balaban J connectivity index is 2.82. The maximum atomic E-state index is 4.51. The summed E-state index contributed by atoms with van der Waals surface area (Å²) in [4.78, 5) is 5.04. The van der Waals surface area contributed by atoms with Gasteiger partial charge in [-0.3, -0.25) is 4.98 Å². The fraction of sp³-hybridized carbons (Fsp3) is 0.545. The van der Waals surface area contributed by atoms with Crippen molar-refractivity contribution in [1.29, 1.82) is 0 Å². The molecule has 0 saturated carbocycles. The minimum absolute atomic E-state index is 0.491. The quantitative estimate of drug-likeness (QED) is 0.737. The first-order chi connectivity index (χ1) is 6.15. The van der Waals surface area contributed by atoms with Gasteiger partial charge in [0.2, 0.25) is 0 Å². The largest absolute Gasteiger partial charge is 0.258 e. The first kappa shape index (κ1) is 10.7. The highest BCUT2D eigenvalue weighted by Crippen LogP contribution is 2.25. The molecule has 0 bridgehead atoms. The van der Waals surface area contributed by atoms with Crippen molar-refractivity contribution in [2.45, 2.75) is 37.9 Å². The Morgan fingerprint density at radius 1 is 1.46 bits per heavy atom. The molecule has 0 aliphatic heterocycles. The number of nitrogens with zero attached hydrogens (tertiary/aromatic N) is 1. The van der Waals surface area contributed by atoms with Crippen LogP contribution in [0.4, 0.5) is 0 Å². The first-order valence-corrected chi connectivity index (χ1v) is 5.64. The number of hydrogen-bond donors (Lipinski definition) is 0. The summed E-state index contributed by atoms with van der Waals surface area (Å²) in [5.41, 5.74) is 2.28. The predicted molar refractivity (Wildman–Crippen MR) is 60.4 cm³/mol. The zero-order valence-corrected chi connectivity index (χ0v) is 10.0. The van der Waals surface area contributed by atoms with E-state index in [1.807, 2.05) is 13.0 Å². The number of aromatic nitrogens is 1. The summed E-state index contributed by atoms with van der Waals surface area (Å²) < 4.78 is 0. The molecule has 1 aromatic rings. The summed E-state index contributed by atoms with van der Waals surface area (Å²) in [6.07, 6.45) is 1.14. The highest BCUT2D eigenvalue weighted by molar-refractivity contribution is 9.09. The molecule has 2 unspecified atom stereocenters. The van der Waals surface area contributed by atoms with Crippen LogP contribution in [0.25, 0.3) is 0 Å². The van der Waals surface area contributed by atoms with Crippen molar-refractivity contribution in [3.63, 3.8) is 0 Å². The summed E-state index contributed by atoms with van der Waals surface area (Å²) in [5, 5.41) is 0. The second-order valence-corrected chi connectivity index (χ2v) is 4.59. The lowest BCUT2D eigenvalue weighted by molar-refractivity contribution is 0.672. The normalized spacial score (nSPS) is 15.4. The molecule has 1 nitrogen and oxygen atoms in total. The molecule has 0 aromatic carbocycles. The van der Waals surface area contributed by atoms with E-state index in [1.165, 1.54) is 5.69 Å². The standard InChI is InChI=1S/C11H16BrN/c1-4-10(12)9(3)11-7-5-6-8(2)13-11/h5-7,9-10H,4H2,1-3H3. The van der Waals surface area contributed by atoms with Gasteiger partial charge in [0.05, 0.1) is 0 Å². The Bertz CT molecular complexity index is 273. The van der Waals surface area contributed by atoms with Crippen LogP contribution in [0.5, 0.6) is 0 Å². The SMILES string of the molecule is CCC(Br)C(C)c1cccc(C)n1. The number of hydrogen-bond acceptors (Lipinski definition) is 1. The minimum Gasteiger partial charge on any atom is -0.258 e. The summed E-state index contributed by atoms with van der Waals surface area (Å²) in [6, 6.07) is 6.20. The van der Waals surface area contributed by atoms with Gasteiger partial charge in [-0.15, -0.1) is 0 Å². The van der Waals surface area contributed by atoms with Crippen molar-refractivity contribution in [3.8, 4) is 0 Å². The molecule has 1 rings (SSSR count). The van der Waals surface area contributed by atoms with Crippen LogP contribution in [0.1, 0.15) is 37.6 Å². The lowest BCUT2D eigenvalue weighted by atomic mass is 10.0. The fourth-order valence-corrected chi connectivity index (χ4v) is 1.63. The van der Waals surface area contributed by atoms with Crippen LogP contribution in [0.15, 0.2) is 18.2 Å². The fourth-order valence-electron chi connectivity index (χ4n) is 1.36. The molecular formula is C11H16BrN. The van der Waals surface area contributed by atoms with E-state index in [1.54, 1.807) is 0 Å². The van der Waals surface area contributed by atoms with E-state index in [9.17, 15) is 0 Å². The first-order valence-electron chi connectivity index (χ1n) is 4.72. The second kappa shape index (κ2) is 4.75. The average Bonchev–Trinajstić information content (AvgIpc) is 2.15. The van der Waals surface area contributed by atoms with Gasteiger partial charge in [0.15, 0.2) is 0 Å². The van der Waals surface area contributed by atoms with Crippen molar-refractivity contribution in [1.82, 2.24) is 4.98 Å². The Morgan fingerprint density at radius 3 is 2.69 bits per heavy atom. The highest BCUT2D eigenvalue weighted by Gasteiger charge is 2.14. The van der Waals surface area contributed by atoms with Gasteiger partial charge in [0.1, 0.15) is 0 Å². The number of aryl methyl sites for hydroxylation is 1. The van der Waals surface area contributed by atoms with Gasteiger partial charge in [0.25, 0.3) is 0 Å². The van der Waals surface area contributed by atoms with E-state index in [-0.39, 0.29) is 0 Å². The van der Waals surface area contributed by atoms with Gasteiger partial charge in [0, 0.05) is 22.1 Å². The molecule has 0 aliphatic carbocycles. The van der Waals surface area contributed by atoms with Crippen LogP contribution in [-0.2, 0) is 0 Å². The van der Waals surface area contributed by atoms with Crippen LogP contribution >= 0.6 is 15.9 Å². The Labute approximate surface area is 88.7 Å². The number of pyridine rings is 1. The highest BCUT2D eigenvalue weighted by atomic mass is 79.9. The Morgan fingerprint density at radius 2 is 2.15 bits per heavy atom. The molecule has 1 heterocycles. The van der Waals surface area contributed by atoms with Gasteiger partial charge in [-0.1, -0.05) is 35.8 Å². The van der Waals surface area contributed by atoms with Crippen LogP contribution in [0, 0.1) is 6.92 Å². The van der Waals surface area contributed by atoms with Crippen LogP contribution in [0.3, 0.4) is 0 Å². The number of alkyl halides is 1. The van der Waals surface area contributed by atoms with E-state index in [0.29, 0.717) is 10.7 Å². The zero-order chi connectivity index (χ0) is 9.84. The molecule has 72 valence electrons. The van der Waals surface area contributed by atoms with Crippen LogP contribution < -0.4 is 0 Å². The van der Waals surface area contributed by atoms with Gasteiger partial charge in [-0.2, -0.15) is 0 Å². The Kier molecular flexibility index (Phi) is 3.91. The maximum Gasteiger partial charge on any atom is 0.0446 e. The lowest BCUT2D eigenvalue weighted by Gasteiger charge is -2.16. The molecule has 0 amide bonds. The molecule has 0 fully saturated rings. The molecule has 0 radical (unpaired) electrons. The molecule has 2 atom stereocenters.